The van der Waals surface area contributed by atoms with E-state index in [-0.39, 0.29) is 0 Å². The molecule has 0 unspecified atom stereocenters. The highest BCUT2D eigenvalue weighted by molar-refractivity contribution is 4.91. The summed E-state index contributed by atoms with van der Waals surface area (Å²) in [7, 11) is 0. The van der Waals surface area contributed by atoms with Crippen LogP contribution in [0.25, 0.3) is 0 Å². The van der Waals surface area contributed by atoms with Gasteiger partial charge >= 0.3 is 0 Å². The first-order chi connectivity index (χ1) is 7.40. The molecule has 0 bridgehead atoms. The number of rotatable bonds is 7. The van der Waals surface area contributed by atoms with Gasteiger partial charge in [0.15, 0.2) is 0 Å². The molecule has 4 nitrogen and oxygen atoms in total. The molecule has 0 spiro atoms. The fourth-order valence-electron chi connectivity index (χ4n) is 1.46. The minimum Gasteiger partial charge on any atom is -0.360 e. The van der Waals surface area contributed by atoms with E-state index in [1.807, 2.05) is 12.4 Å². The molecule has 0 atom stereocenters. The largest absolute Gasteiger partial charge is 0.360 e. The lowest BCUT2D eigenvalue weighted by Gasteiger charge is -2.08. The lowest BCUT2D eigenvalue weighted by atomic mass is 10.5. The molecule has 1 saturated carbocycles. The van der Waals surface area contributed by atoms with E-state index in [1.165, 1.54) is 12.8 Å². The fourth-order valence-corrected chi connectivity index (χ4v) is 1.46. The Morgan fingerprint density at radius 3 is 3.20 bits per heavy atom. The summed E-state index contributed by atoms with van der Waals surface area (Å²) in [6.45, 7) is 5.42. The van der Waals surface area contributed by atoms with Crippen LogP contribution in [0.3, 0.4) is 0 Å². The van der Waals surface area contributed by atoms with Crippen molar-refractivity contribution in [1.82, 2.24) is 14.9 Å². The Hall–Kier alpha value is -0.870. The quantitative estimate of drug-likeness (QED) is 0.737. The zero-order chi connectivity index (χ0) is 10.5. The van der Waals surface area contributed by atoms with Gasteiger partial charge in [-0.1, -0.05) is 6.92 Å². The van der Waals surface area contributed by atoms with E-state index in [2.05, 4.69) is 21.8 Å². The van der Waals surface area contributed by atoms with Crippen molar-refractivity contribution in [2.45, 2.75) is 33.0 Å². The molecule has 15 heavy (non-hydrogen) atoms. The van der Waals surface area contributed by atoms with Gasteiger partial charge in [-0.25, -0.2) is 4.98 Å². The second-order valence-electron chi connectivity index (χ2n) is 4.04. The molecule has 4 heteroatoms. The summed E-state index contributed by atoms with van der Waals surface area (Å²) < 4.78 is 7.68. The summed E-state index contributed by atoms with van der Waals surface area (Å²) in [5.41, 5.74) is 0. The van der Waals surface area contributed by atoms with Crippen molar-refractivity contribution in [2.24, 2.45) is 5.92 Å². The molecule has 0 aliphatic heterocycles. The Kier molecular flexibility index (Phi) is 3.75. The third-order valence-electron chi connectivity index (χ3n) is 2.62. The van der Waals surface area contributed by atoms with Gasteiger partial charge in [0.25, 0.3) is 0 Å². The van der Waals surface area contributed by atoms with Crippen LogP contribution in [0.15, 0.2) is 12.4 Å². The summed E-state index contributed by atoms with van der Waals surface area (Å²) in [4.78, 5) is 4.29. The van der Waals surface area contributed by atoms with Crippen molar-refractivity contribution in [3.63, 3.8) is 0 Å². The normalized spacial score (nSPS) is 15.8. The topological polar surface area (TPSA) is 39.1 Å². The van der Waals surface area contributed by atoms with Crippen LogP contribution in [0.1, 0.15) is 25.6 Å². The molecule has 1 aromatic heterocycles. The Balaban J connectivity index is 1.75. The molecule has 1 aliphatic carbocycles. The highest BCUT2D eigenvalue weighted by Gasteiger charge is 2.21. The number of nitrogens with zero attached hydrogens (tertiary/aromatic N) is 2. The Morgan fingerprint density at radius 1 is 1.60 bits per heavy atom. The standard InChI is InChI=1S/C11H19N3O/c1-2-12-7-11-13-5-6-14(11)9-15-8-10-3-4-10/h5-6,10,12H,2-4,7-9H2,1H3. The Bertz CT molecular complexity index is 294. The maximum atomic E-state index is 5.62. The van der Waals surface area contributed by atoms with E-state index < -0.39 is 0 Å². The molecule has 1 aromatic rings. The van der Waals surface area contributed by atoms with E-state index >= 15 is 0 Å². The highest BCUT2D eigenvalue weighted by Crippen LogP contribution is 2.28. The first kappa shape index (κ1) is 10.6. The summed E-state index contributed by atoms with van der Waals surface area (Å²) >= 11 is 0. The summed E-state index contributed by atoms with van der Waals surface area (Å²) in [6.07, 6.45) is 6.48. The summed E-state index contributed by atoms with van der Waals surface area (Å²) in [5, 5.41) is 3.26. The average molecular weight is 209 g/mol. The van der Waals surface area contributed by atoms with Crippen molar-refractivity contribution in [3.05, 3.63) is 18.2 Å². The number of hydrogen-bond acceptors (Lipinski definition) is 3. The van der Waals surface area contributed by atoms with E-state index in [1.54, 1.807) is 0 Å². The van der Waals surface area contributed by atoms with Crippen LogP contribution in [0.2, 0.25) is 0 Å². The Labute approximate surface area is 90.6 Å². The first-order valence-corrected chi connectivity index (χ1v) is 5.68. The minimum absolute atomic E-state index is 0.636. The lowest BCUT2D eigenvalue weighted by molar-refractivity contribution is 0.0669. The number of nitrogens with one attached hydrogen (secondary N) is 1. The maximum absolute atomic E-state index is 5.62. The van der Waals surface area contributed by atoms with Crippen LogP contribution < -0.4 is 5.32 Å². The molecule has 0 saturated heterocycles. The average Bonchev–Trinajstić information content (AvgIpc) is 2.95. The molecule has 84 valence electrons. The van der Waals surface area contributed by atoms with Crippen LogP contribution in [-0.4, -0.2) is 22.7 Å². The van der Waals surface area contributed by atoms with Gasteiger partial charge in [-0.2, -0.15) is 0 Å². The highest BCUT2D eigenvalue weighted by atomic mass is 16.5. The second kappa shape index (κ2) is 5.28. The van der Waals surface area contributed by atoms with Gasteiger partial charge < -0.3 is 14.6 Å². The molecule has 0 radical (unpaired) electrons. The van der Waals surface area contributed by atoms with Crippen molar-refractivity contribution in [2.75, 3.05) is 13.2 Å². The van der Waals surface area contributed by atoms with Gasteiger partial charge in [0, 0.05) is 12.4 Å². The molecule has 2 rings (SSSR count). The van der Waals surface area contributed by atoms with E-state index in [9.17, 15) is 0 Å². The predicted molar refractivity (Wildman–Crippen MR) is 58.3 cm³/mol. The van der Waals surface area contributed by atoms with E-state index in [0.29, 0.717) is 6.73 Å². The maximum Gasteiger partial charge on any atom is 0.124 e. The first-order valence-electron chi connectivity index (χ1n) is 5.68. The van der Waals surface area contributed by atoms with Crippen molar-refractivity contribution < 1.29 is 4.74 Å². The number of aromatic nitrogens is 2. The van der Waals surface area contributed by atoms with Gasteiger partial charge in [-0.15, -0.1) is 0 Å². The number of imidazole rings is 1. The number of ether oxygens (including phenoxy) is 1. The van der Waals surface area contributed by atoms with Crippen LogP contribution in [0.4, 0.5) is 0 Å². The number of hydrogen-bond donors (Lipinski definition) is 1. The van der Waals surface area contributed by atoms with E-state index in [4.69, 9.17) is 4.74 Å². The summed E-state index contributed by atoms with van der Waals surface area (Å²) in [6, 6.07) is 0. The molecular formula is C11H19N3O. The molecule has 1 N–H and O–H groups in total. The monoisotopic (exact) mass is 209 g/mol. The third kappa shape index (κ3) is 3.32. The molecule has 1 heterocycles. The molecule has 1 fully saturated rings. The zero-order valence-corrected chi connectivity index (χ0v) is 9.28. The van der Waals surface area contributed by atoms with Crippen LogP contribution in [-0.2, 0) is 18.0 Å². The SMILES string of the molecule is CCNCc1nccn1COCC1CC1. The molecular weight excluding hydrogens is 190 g/mol. The van der Waals surface area contributed by atoms with Crippen LogP contribution in [0.5, 0.6) is 0 Å². The van der Waals surface area contributed by atoms with Gasteiger partial charge in [0.2, 0.25) is 0 Å². The third-order valence-corrected chi connectivity index (χ3v) is 2.62. The minimum atomic E-state index is 0.636. The van der Waals surface area contributed by atoms with Gasteiger partial charge in [-0.05, 0) is 25.3 Å². The molecule has 1 aliphatic rings. The fraction of sp³-hybridized carbons (Fsp3) is 0.727. The van der Waals surface area contributed by atoms with Gasteiger partial charge in [0.1, 0.15) is 12.6 Å². The lowest BCUT2D eigenvalue weighted by Crippen LogP contribution is -2.17. The predicted octanol–water partition coefficient (Wildman–Crippen LogP) is 1.38. The van der Waals surface area contributed by atoms with Gasteiger partial charge in [0.05, 0.1) is 13.2 Å². The van der Waals surface area contributed by atoms with Crippen molar-refractivity contribution in [1.29, 1.82) is 0 Å². The van der Waals surface area contributed by atoms with Crippen molar-refractivity contribution in [3.8, 4) is 0 Å². The van der Waals surface area contributed by atoms with Crippen molar-refractivity contribution >= 4 is 0 Å². The van der Waals surface area contributed by atoms with Gasteiger partial charge in [-0.3, -0.25) is 0 Å². The van der Waals surface area contributed by atoms with E-state index in [0.717, 1.165) is 31.4 Å². The summed E-state index contributed by atoms with van der Waals surface area (Å²) in [5.74, 6) is 1.87. The second-order valence-corrected chi connectivity index (χ2v) is 4.04. The molecule has 0 aromatic carbocycles. The van der Waals surface area contributed by atoms with Crippen LogP contribution >= 0.6 is 0 Å². The zero-order valence-electron chi connectivity index (χ0n) is 9.28. The Morgan fingerprint density at radius 2 is 2.47 bits per heavy atom. The smallest absolute Gasteiger partial charge is 0.124 e. The molecule has 0 amide bonds. The van der Waals surface area contributed by atoms with Crippen LogP contribution in [0, 0.1) is 5.92 Å².